The molecule has 0 spiro atoms. The normalized spacial score (nSPS) is 23.2. The fourth-order valence-corrected chi connectivity index (χ4v) is 2.71. The summed E-state index contributed by atoms with van der Waals surface area (Å²) in [6, 6.07) is 0.380. The van der Waals surface area contributed by atoms with Gasteiger partial charge in [0.05, 0.1) is 11.2 Å². The van der Waals surface area contributed by atoms with Crippen LogP contribution in [0.5, 0.6) is 0 Å². The van der Waals surface area contributed by atoms with Crippen molar-refractivity contribution in [3.8, 4) is 0 Å². The van der Waals surface area contributed by atoms with Crippen LogP contribution in [0.2, 0.25) is 5.02 Å². The van der Waals surface area contributed by atoms with Crippen molar-refractivity contribution in [1.82, 2.24) is 19.8 Å². The Bertz CT molecular complexity index is 492. The molecule has 0 radical (unpaired) electrons. The predicted molar refractivity (Wildman–Crippen MR) is 74.3 cm³/mol. The van der Waals surface area contributed by atoms with E-state index < -0.39 is 0 Å². The molecule has 2 atom stereocenters. The third kappa shape index (κ3) is 2.87. The fraction of sp³-hybridized carbons (Fsp3) is 0.615. The van der Waals surface area contributed by atoms with Crippen LogP contribution in [-0.4, -0.2) is 58.9 Å². The molecule has 0 aliphatic carbocycles. The summed E-state index contributed by atoms with van der Waals surface area (Å²) in [6.07, 6.45) is 1.49. The second-order valence-electron chi connectivity index (χ2n) is 5.33. The molecule has 104 valence electrons. The number of aryl methyl sites for hydroxylation is 1. The lowest BCUT2D eigenvalue weighted by molar-refractivity contribution is 0.0775. The van der Waals surface area contributed by atoms with Crippen LogP contribution in [0, 0.1) is 12.8 Å². The number of rotatable bonds is 2. The third-order valence-corrected chi connectivity index (χ3v) is 3.87. The van der Waals surface area contributed by atoms with Crippen molar-refractivity contribution >= 4 is 17.5 Å². The lowest BCUT2D eigenvalue weighted by Crippen LogP contribution is -2.36. The number of carbonyl (C=O) groups is 1. The molecule has 2 heterocycles. The first kappa shape index (κ1) is 14.2. The Morgan fingerprint density at radius 3 is 2.74 bits per heavy atom. The molecule has 1 aromatic rings. The highest BCUT2D eigenvalue weighted by Crippen LogP contribution is 2.23. The molecule has 1 saturated heterocycles. The molecule has 1 aliphatic rings. The van der Waals surface area contributed by atoms with Gasteiger partial charge < -0.3 is 9.80 Å². The van der Waals surface area contributed by atoms with Crippen LogP contribution < -0.4 is 0 Å². The van der Waals surface area contributed by atoms with Crippen LogP contribution in [0.25, 0.3) is 0 Å². The molecule has 0 aromatic carbocycles. The Morgan fingerprint density at radius 1 is 1.47 bits per heavy atom. The van der Waals surface area contributed by atoms with Crippen LogP contribution in [0.1, 0.15) is 23.2 Å². The molecule has 0 bridgehead atoms. The summed E-state index contributed by atoms with van der Waals surface area (Å²) in [5, 5.41) is 0.316. The molecule has 5 nitrogen and oxygen atoms in total. The molecule has 1 amide bonds. The summed E-state index contributed by atoms with van der Waals surface area (Å²) in [6.45, 7) is 5.36. The summed E-state index contributed by atoms with van der Waals surface area (Å²) < 4.78 is 0. The smallest absolute Gasteiger partial charge is 0.274 e. The minimum Gasteiger partial charge on any atom is -0.335 e. The van der Waals surface area contributed by atoms with Gasteiger partial charge in [-0.25, -0.2) is 9.97 Å². The summed E-state index contributed by atoms with van der Waals surface area (Å²) in [5.41, 5.74) is 0.306. The number of aromatic nitrogens is 2. The highest BCUT2D eigenvalue weighted by molar-refractivity contribution is 6.33. The van der Waals surface area contributed by atoms with E-state index in [4.69, 9.17) is 11.6 Å². The van der Waals surface area contributed by atoms with E-state index in [9.17, 15) is 4.79 Å². The topological polar surface area (TPSA) is 49.3 Å². The molecule has 0 N–H and O–H groups in total. The molecule has 1 fully saturated rings. The highest BCUT2D eigenvalue weighted by Gasteiger charge is 2.35. The van der Waals surface area contributed by atoms with E-state index in [-0.39, 0.29) is 5.91 Å². The number of amides is 1. The molecular weight excluding hydrogens is 264 g/mol. The molecule has 1 aliphatic heterocycles. The number of halogens is 1. The van der Waals surface area contributed by atoms with Crippen molar-refractivity contribution in [2.45, 2.75) is 19.9 Å². The maximum atomic E-state index is 12.5. The van der Waals surface area contributed by atoms with E-state index in [1.165, 1.54) is 6.20 Å². The van der Waals surface area contributed by atoms with Gasteiger partial charge in [0.1, 0.15) is 5.82 Å². The number of nitrogens with zero attached hydrogens (tertiary/aromatic N) is 4. The van der Waals surface area contributed by atoms with Crippen LogP contribution in [0.4, 0.5) is 0 Å². The minimum absolute atomic E-state index is 0.105. The summed E-state index contributed by atoms with van der Waals surface area (Å²) in [4.78, 5) is 24.6. The molecule has 1 aromatic heterocycles. The lowest BCUT2D eigenvalue weighted by atomic mass is 10.1. The Hall–Kier alpha value is -1.20. The zero-order valence-corrected chi connectivity index (χ0v) is 12.5. The zero-order chi connectivity index (χ0) is 14.2. The van der Waals surface area contributed by atoms with Crippen LogP contribution in [-0.2, 0) is 0 Å². The van der Waals surface area contributed by atoms with Gasteiger partial charge in [0.15, 0.2) is 5.69 Å². The quantitative estimate of drug-likeness (QED) is 0.824. The van der Waals surface area contributed by atoms with Gasteiger partial charge in [-0.05, 0) is 26.9 Å². The van der Waals surface area contributed by atoms with Crippen LogP contribution >= 0.6 is 11.6 Å². The monoisotopic (exact) mass is 282 g/mol. The van der Waals surface area contributed by atoms with Crippen LogP contribution in [0.15, 0.2) is 6.20 Å². The average Bonchev–Trinajstić information content (AvgIpc) is 2.74. The summed E-state index contributed by atoms with van der Waals surface area (Å²) in [5.74, 6) is 0.900. The first-order chi connectivity index (χ1) is 8.90. The Morgan fingerprint density at radius 2 is 2.16 bits per heavy atom. The molecule has 19 heavy (non-hydrogen) atoms. The van der Waals surface area contributed by atoms with Crippen molar-refractivity contribution in [2.75, 3.05) is 27.2 Å². The van der Waals surface area contributed by atoms with Gasteiger partial charge in [0.25, 0.3) is 5.91 Å². The van der Waals surface area contributed by atoms with Crippen molar-refractivity contribution in [3.63, 3.8) is 0 Å². The van der Waals surface area contributed by atoms with Crippen molar-refractivity contribution in [3.05, 3.63) is 22.7 Å². The fourth-order valence-electron chi connectivity index (χ4n) is 2.54. The molecule has 6 heteroatoms. The highest BCUT2D eigenvalue weighted by atomic mass is 35.5. The largest absolute Gasteiger partial charge is 0.335 e. The van der Waals surface area contributed by atoms with Gasteiger partial charge in [-0.15, -0.1) is 0 Å². The summed E-state index contributed by atoms with van der Waals surface area (Å²) >= 11 is 6.02. The Labute approximate surface area is 118 Å². The van der Waals surface area contributed by atoms with E-state index in [0.29, 0.717) is 35.0 Å². The second-order valence-corrected chi connectivity index (χ2v) is 5.74. The number of hydrogen-bond acceptors (Lipinski definition) is 4. The first-order valence-electron chi connectivity index (χ1n) is 6.35. The van der Waals surface area contributed by atoms with Crippen molar-refractivity contribution in [1.29, 1.82) is 0 Å². The molecule has 0 saturated carbocycles. The summed E-state index contributed by atoms with van der Waals surface area (Å²) in [7, 11) is 4.08. The number of likely N-dealkylation sites (N-methyl/N-ethyl adjacent to an activating group) is 1. The minimum atomic E-state index is -0.105. The Balaban J connectivity index is 2.19. The lowest BCUT2D eigenvalue weighted by Gasteiger charge is -2.22. The number of carbonyl (C=O) groups excluding carboxylic acids is 1. The van der Waals surface area contributed by atoms with Gasteiger partial charge in [0.2, 0.25) is 0 Å². The number of likely N-dealkylation sites (tertiary alicyclic amines) is 1. The maximum absolute atomic E-state index is 12.5. The van der Waals surface area contributed by atoms with Gasteiger partial charge in [0, 0.05) is 19.1 Å². The molecular formula is C13H19ClN4O. The third-order valence-electron chi connectivity index (χ3n) is 3.59. The maximum Gasteiger partial charge on any atom is 0.274 e. The van der Waals surface area contributed by atoms with Gasteiger partial charge in [-0.2, -0.15) is 0 Å². The van der Waals surface area contributed by atoms with Crippen LogP contribution in [0.3, 0.4) is 0 Å². The van der Waals surface area contributed by atoms with E-state index in [0.717, 1.165) is 6.54 Å². The molecule has 2 rings (SSSR count). The van der Waals surface area contributed by atoms with Gasteiger partial charge in [-0.3, -0.25) is 4.79 Å². The van der Waals surface area contributed by atoms with E-state index >= 15 is 0 Å². The Kier molecular flexibility index (Phi) is 4.06. The van der Waals surface area contributed by atoms with Gasteiger partial charge in [-0.1, -0.05) is 18.5 Å². The van der Waals surface area contributed by atoms with Crippen molar-refractivity contribution < 1.29 is 4.79 Å². The van der Waals surface area contributed by atoms with Crippen molar-refractivity contribution in [2.24, 2.45) is 5.92 Å². The van der Waals surface area contributed by atoms with E-state index in [1.807, 2.05) is 19.0 Å². The molecule has 2 unspecified atom stereocenters. The number of hydrogen-bond donors (Lipinski definition) is 0. The zero-order valence-electron chi connectivity index (χ0n) is 11.7. The second kappa shape index (κ2) is 5.43. The standard InChI is InChI=1S/C13H19ClN4O/c1-8-6-18(7-11(8)17(3)4)13(19)12-10(14)5-15-9(2)16-12/h5,8,11H,6-7H2,1-4H3. The van der Waals surface area contributed by atoms with E-state index in [2.05, 4.69) is 21.8 Å². The predicted octanol–water partition coefficient (Wildman–Crippen LogP) is 1.46. The van der Waals surface area contributed by atoms with Gasteiger partial charge >= 0.3 is 0 Å². The average molecular weight is 283 g/mol. The first-order valence-corrected chi connectivity index (χ1v) is 6.72. The van der Waals surface area contributed by atoms with E-state index in [1.54, 1.807) is 6.92 Å². The SMILES string of the molecule is Cc1ncc(Cl)c(C(=O)N2CC(C)C(N(C)C)C2)n1.